The van der Waals surface area contributed by atoms with E-state index in [9.17, 15) is 9.59 Å². The zero-order valence-corrected chi connectivity index (χ0v) is 7.77. The minimum absolute atomic E-state index is 0.251. The van der Waals surface area contributed by atoms with Gasteiger partial charge in [-0.05, 0) is 6.92 Å². The molecule has 0 spiro atoms. The van der Waals surface area contributed by atoms with Gasteiger partial charge in [-0.1, -0.05) is 6.92 Å². The minimum Gasteiger partial charge on any atom is -0.441 e. The van der Waals surface area contributed by atoms with Crippen molar-refractivity contribution in [1.82, 2.24) is 0 Å². The molecule has 3 nitrogen and oxygen atoms in total. The van der Waals surface area contributed by atoms with Gasteiger partial charge in [0.05, 0.1) is 0 Å². The summed E-state index contributed by atoms with van der Waals surface area (Å²) < 4.78 is 4.72. The molecule has 0 aromatic carbocycles. The average molecular weight is 176 g/mol. The summed E-state index contributed by atoms with van der Waals surface area (Å²) >= 11 is 3.96. The van der Waals surface area contributed by atoms with Crippen molar-refractivity contribution >= 4 is 24.4 Å². The van der Waals surface area contributed by atoms with Crippen molar-refractivity contribution in [3.05, 3.63) is 0 Å². The summed E-state index contributed by atoms with van der Waals surface area (Å²) in [4.78, 5) is 20.1. The summed E-state index contributed by atoms with van der Waals surface area (Å²) in [6.45, 7) is 4.33. The molecule has 0 saturated heterocycles. The van der Waals surface area contributed by atoms with Crippen molar-refractivity contribution in [2.45, 2.75) is 32.1 Å². The van der Waals surface area contributed by atoms with Gasteiger partial charge in [0.15, 0.2) is 5.78 Å². The molecule has 0 fully saturated rings. The van der Waals surface area contributed by atoms with Crippen LogP contribution in [0.3, 0.4) is 0 Å². The maximum atomic E-state index is 10.9. The van der Waals surface area contributed by atoms with E-state index in [0.29, 0.717) is 6.42 Å². The fourth-order valence-electron chi connectivity index (χ4n) is 0.631. The van der Waals surface area contributed by atoms with Crippen molar-refractivity contribution in [1.29, 1.82) is 0 Å². The standard InChI is InChI=1S/C7H12O3S/c1-4-7(11,5(2)8)10-6(3)9/h11H,4H2,1-3H3. The summed E-state index contributed by atoms with van der Waals surface area (Å²) in [5, 5.41) is 0. The molecule has 0 radical (unpaired) electrons. The van der Waals surface area contributed by atoms with Gasteiger partial charge in [-0.2, -0.15) is 0 Å². The second kappa shape index (κ2) is 3.76. The lowest BCUT2D eigenvalue weighted by Gasteiger charge is -2.22. The van der Waals surface area contributed by atoms with E-state index in [4.69, 9.17) is 4.74 Å². The highest BCUT2D eigenvalue weighted by molar-refractivity contribution is 7.82. The Morgan fingerprint density at radius 2 is 1.91 bits per heavy atom. The van der Waals surface area contributed by atoms with Gasteiger partial charge in [-0.25, -0.2) is 0 Å². The molecule has 0 aromatic rings. The predicted molar refractivity (Wildman–Crippen MR) is 44.5 cm³/mol. The van der Waals surface area contributed by atoms with E-state index in [1.54, 1.807) is 6.92 Å². The van der Waals surface area contributed by atoms with Crippen LogP contribution in [0.4, 0.5) is 0 Å². The molecule has 0 amide bonds. The van der Waals surface area contributed by atoms with Crippen molar-refractivity contribution in [3.8, 4) is 0 Å². The molecule has 1 atom stereocenters. The van der Waals surface area contributed by atoms with Gasteiger partial charge in [0.2, 0.25) is 4.93 Å². The van der Waals surface area contributed by atoms with Crippen molar-refractivity contribution in [2.24, 2.45) is 0 Å². The Morgan fingerprint density at radius 3 is 2.00 bits per heavy atom. The first-order chi connectivity index (χ1) is 4.92. The molecule has 0 aliphatic carbocycles. The van der Waals surface area contributed by atoms with Crippen LogP contribution in [0.15, 0.2) is 0 Å². The van der Waals surface area contributed by atoms with E-state index in [1.807, 2.05) is 0 Å². The first-order valence-corrected chi connectivity index (χ1v) is 3.80. The molecule has 1 unspecified atom stereocenters. The van der Waals surface area contributed by atoms with Gasteiger partial charge in [0.1, 0.15) is 0 Å². The fraction of sp³-hybridized carbons (Fsp3) is 0.714. The fourth-order valence-corrected chi connectivity index (χ4v) is 0.759. The summed E-state index contributed by atoms with van der Waals surface area (Å²) in [7, 11) is 0. The van der Waals surface area contributed by atoms with Crippen LogP contribution >= 0.6 is 12.6 Å². The first kappa shape index (κ1) is 10.5. The smallest absolute Gasteiger partial charge is 0.304 e. The van der Waals surface area contributed by atoms with Crippen LogP contribution < -0.4 is 0 Å². The zero-order chi connectivity index (χ0) is 9.07. The molecule has 4 heteroatoms. The lowest BCUT2D eigenvalue weighted by molar-refractivity contribution is -0.155. The number of ether oxygens (including phenoxy) is 1. The summed E-state index contributed by atoms with van der Waals surface area (Å²) in [5.41, 5.74) is 0. The molecule has 0 N–H and O–H groups in total. The Hall–Kier alpha value is -0.510. The third-order valence-corrected chi connectivity index (χ3v) is 2.06. The molecular weight excluding hydrogens is 164 g/mol. The number of carbonyl (C=O) groups excluding carboxylic acids is 2. The van der Waals surface area contributed by atoms with Gasteiger partial charge < -0.3 is 4.74 Å². The summed E-state index contributed by atoms with van der Waals surface area (Å²) in [6.07, 6.45) is 0.380. The van der Waals surface area contributed by atoms with Crippen LogP contribution in [0.25, 0.3) is 0 Å². The number of thiol groups is 1. The normalized spacial score (nSPS) is 15.3. The van der Waals surface area contributed by atoms with Crippen LogP contribution in [-0.2, 0) is 14.3 Å². The number of ketones is 1. The number of hydrogen-bond donors (Lipinski definition) is 1. The maximum Gasteiger partial charge on any atom is 0.304 e. The Bertz CT molecular complexity index is 179. The van der Waals surface area contributed by atoms with E-state index in [1.165, 1.54) is 13.8 Å². The molecule has 11 heavy (non-hydrogen) atoms. The molecule has 0 bridgehead atoms. The second-order valence-corrected chi connectivity index (χ2v) is 3.01. The Morgan fingerprint density at radius 1 is 1.45 bits per heavy atom. The van der Waals surface area contributed by atoms with E-state index in [2.05, 4.69) is 12.6 Å². The highest BCUT2D eigenvalue weighted by Gasteiger charge is 2.32. The molecule has 64 valence electrons. The van der Waals surface area contributed by atoms with Crippen LogP contribution in [0, 0.1) is 0 Å². The third-order valence-electron chi connectivity index (χ3n) is 1.34. The molecule has 0 heterocycles. The Balaban J connectivity index is 4.34. The topological polar surface area (TPSA) is 43.4 Å². The largest absolute Gasteiger partial charge is 0.441 e. The van der Waals surface area contributed by atoms with Crippen LogP contribution in [0.5, 0.6) is 0 Å². The molecule has 0 rings (SSSR count). The number of carbonyl (C=O) groups is 2. The second-order valence-electron chi connectivity index (χ2n) is 2.29. The van der Waals surface area contributed by atoms with Gasteiger partial charge in [0, 0.05) is 13.3 Å². The summed E-state index contributed by atoms with van der Waals surface area (Å²) in [5.74, 6) is -0.740. The predicted octanol–water partition coefficient (Wildman–Crippen LogP) is 1.17. The van der Waals surface area contributed by atoms with Gasteiger partial charge in [-0.3, -0.25) is 9.59 Å². The molecule has 0 aliphatic rings. The zero-order valence-electron chi connectivity index (χ0n) is 6.88. The molecular formula is C7H12O3S. The minimum atomic E-state index is -1.23. The van der Waals surface area contributed by atoms with E-state index >= 15 is 0 Å². The van der Waals surface area contributed by atoms with Gasteiger partial charge in [-0.15, -0.1) is 12.6 Å². The van der Waals surface area contributed by atoms with Crippen molar-refractivity contribution < 1.29 is 14.3 Å². The molecule has 0 aliphatic heterocycles. The quantitative estimate of drug-likeness (QED) is 0.399. The van der Waals surface area contributed by atoms with Crippen LogP contribution in [-0.4, -0.2) is 16.7 Å². The number of hydrogen-bond acceptors (Lipinski definition) is 4. The van der Waals surface area contributed by atoms with Crippen LogP contribution in [0.1, 0.15) is 27.2 Å². The number of Topliss-reactive ketones (excluding diaryl/α,β-unsaturated/α-hetero) is 1. The Kier molecular flexibility index (Phi) is 3.58. The van der Waals surface area contributed by atoms with Gasteiger partial charge in [0.25, 0.3) is 0 Å². The van der Waals surface area contributed by atoms with Crippen molar-refractivity contribution in [3.63, 3.8) is 0 Å². The lowest BCUT2D eigenvalue weighted by Crippen LogP contribution is -2.34. The third kappa shape index (κ3) is 2.93. The number of esters is 1. The summed E-state index contributed by atoms with van der Waals surface area (Å²) in [6, 6.07) is 0. The molecule has 0 aromatic heterocycles. The van der Waals surface area contributed by atoms with Gasteiger partial charge >= 0.3 is 5.97 Å². The van der Waals surface area contributed by atoms with Crippen LogP contribution in [0.2, 0.25) is 0 Å². The number of rotatable bonds is 3. The first-order valence-electron chi connectivity index (χ1n) is 3.35. The molecule has 0 saturated carbocycles. The monoisotopic (exact) mass is 176 g/mol. The maximum absolute atomic E-state index is 10.9. The highest BCUT2D eigenvalue weighted by Crippen LogP contribution is 2.21. The SMILES string of the molecule is CCC(S)(OC(C)=O)C(C)=O. The van der Waals surface area contributed by atoms with E-state index < -0.39 is 10.9 Å². The highest BCUT2D eigenvalue weighted by atomic mass is 32.1. The van der Waals surface area contributed by atoms with Crippen molar-refractivity contribution in [2.75, 3.05) is 0 Å². The lowest BCUT2D eigenvalue weighted by atomic mass is 10.2. The Labute approximate surface area is 71.5 Å². The average Bonchev–Trinajstić information content (AvgIpc) is 1.86. The van der Waals surface area contributed by atoms with E-state index in [0.717, 1.165) is 0 Å². The van der Waals surface area contributed by atoms with E-state index in [-0.39, 0.29) is 5.78 Å².